The second-order valence-electron chi connectivity index (χ2n) is 6.34. The zero-order valence-electron chi connectivity index (χ0n) is 16.4. The second-order valence-corrected chi connectivity index (χ2v) is 6.34. The Morgan fingerprint density at radius 3 is 2.41 bits per heavy atom. The number of amides is 1. The number of rotatable bonds is 10. The number of carbonyl (C=O) groups is 1. The van der Waals surface area contributed by atoms with Gasteiger partial charge in [0.25, 0.3) is 0 Å². The van der Waals surface area contributed by atoms with Crippen LogP contribution in [0.15, 0.2) is 42.5 Å². The van der Waals surface area contributed by atoms with Crippen LogP contribution in [0.3, 0.4) is 0 Å². The molecule has 0 radical (unpaired) electrons. The highest BCUT2D eigenvalue weighted by atomic mass is 16.5. The number of hydrogen-bond acceptors (Lipinski definition) is 5. The van der Waals surface area contributed by atoms with Crippen molar-refractivity contribution < 1.29 is 19.0 Å². The second kappa shape index (κ2) is 10.4. The summed E-state index contributed by atoms with van der Waals surface area (Å²) in [5, 5.41) is 6.17. The van der Waals surface area contributed by atoms with E-state index in [1.807, 2.05) is 38.1 Å². The van der Waals surface area contributed by atoms with Crippen molar-refractivity contribution >= 4 is 11.6 Å². The molecule has 2 aromatic carbocycles. The van der Waals surface area contributed by atoms with Crippen LogP contribution in [0.5, 0.6) is 17.2 Å². The lowest BCUT2D eigenvalue weighted by Gasteiger charge is -2.15. The molecule has 6 nitrogen and oxygen atoms in total. The van der Waals surface area contributed by atoms with Crippen molar-refractivity contribution in [3.63, 3.8) is 0 Å². The average Bonchev–Trinajstić information content (AvgIpc) is 2.66. The SMILES string of the molecule is COc1ccc(NC(=O)CC(C)NCCOc2ccc(C)cc2)c(OC)c1. The van der Waals surface area contributed by atoms with E-state index in [4.69, 9.17) is 14.2 Å². The fourth-order valence-corrected chi connectivity index (χ4v) is 2.56. The van der Waals surface area contributed by atoms with Gasteiger partial charge in [0.15, 0.2) is 0 Å². The Morgan fingerprint density at radius 2 is 1.74 bits per heavy atom. The summed E-state index contributed by atoms with van der Waals surface area (Å²) in [5.74, 6) is 2.00. The van der Waals surface area contributed by atoms with Gasteiger partial charge in [-0.05, 0) is 38.1 Å². The lowest BCUT2D eigenvalue weighted by molar-refractivity contribution is -0.116. The molecule has 0 fully saturated rings. The van der Waals surface area contributed by atoms with Crippen molar-refractivity contribution in [2.75, 3.05) is 32.7 Å². The number of hydrogen-bond donors (Lipinski definition) is 2. The third kappa shape index (κ3) is 6.83. The van der Waals surface area contributed by atoms with Crippen LogP contribution in [0.1, 0.15) is 18.9 Å². The summed E-state index contributed by atoms with van der Waals surface area (Å²) >= 11 is 0. The van der Waals surface area contributed by atoms with Crippen LogP contribution in [0.4, 0.5) is 5.69 Å². The Kier molecular flexibility index (Phi) is 7.95. The van der Waals surface area contributed by atoms with E-state index in [-0.39, 0.29) is 11.9 Å². The van der Waals surface area contributed by atoms with Gasteiger partial charge in [-0.3, -0.25) is 4.79 Å². The lowest BCUT2D eigenvalue weighted by Crippen LogP contribution is -2.33. The fourth-order valence-electron chi connectivity index (χ4n) is 2.56. The van der Waals surface area contributed by atoms with Crippen LogP contribution in [-0.2, 0) is 4.79 Å². The van der Waals surface area contributed by atoms with Crippen LogP contribution in [0.25, 0.3) is 0 Å². The molecule has 0 aliphatic rings. The molecule has 0 aromatic heterocycles. The van der Waals surface area contributed by atoms with E-state index < -0.39 is 0 Å². The Balaban J connectivity index is 1.72. The molecule has 0 bridgehead atoms. The highest BCUT2D eigenvalue weighted by Gasteiger charge is 2.12. The van der Waals surface area contributed by atoms with Crippen LogP contribution in [0.2, 0.25) is 0 Å². The summed E-state index contributed by atoms with van der Waals surface area (Å²) in [7, 11) is 3.14. The molecule has 1 atom stereocenters. The molecular weight excluding hydrogens is 344 g/mol. The summed E-state index contributed by atoms with van der Waals surface area (Å²) in [5.41, 5.74) is 1.83. The molecule has 0 heterocycles. The smallest absolute Gasteiger partial charge is 0.226 e. The minimum absolute atomic E-state index is 0.0239. The Bertz CT molecular complexity index is 731. The van der Waals surface area contributed by atoms with E-state index in [2.05, 4.69) is 10.6 Å². The van der Waals surface area contributed by atoms with Crippen molar-refractivity contribution in [2.24, 2.45) is 0 Å². The number of aryl methyl sites for hydroxylation is 1. The maximum Gasteiger partial charge on any atom is 0.226 e. The monoisotopic (exact) mass is 372 g/mol. The lowest BCUT2D eigenvalue weighted by atomic mass is 10.2. The number of ether oxygens (including phenoxy) is 3. The van der Waals surface area contributed by atoms with E-state index in [0.717, 1.165) is 5.75 Å². The molecule has 6 heteroatoms. The van der Waals surface area contributed by atoms with E-state index in [1.54, 1.807) is 32.4 Å². The molecule has 0 saturated heterocycles. The van der Waals surface area contributed by atoms with Gasteiger partial charge in [0.2, 0.25) is 5.91 Å². The van der Waals surface area contributed by atoms with Gasteiger partial charge in [0, 0.05) is 25.1 Å². The molecule has 0 spiro atoms. The van der Waals surface area contributed by atoms with E-state index in [0.29, 0.717) is 36.8 Å². The minimum Gasteiger partial charge on any atom is -0.497 e. The maximum atomic E-state index is 12.3. The molecule has 2 aromatic rings. The Morgan fingerprint density at radius 1 is 1.04 bits per heavy atom. The molecule has 1 amide bonds. The fraction of sp³-hybridized carbons (Fsp3) is 0.381. The van der Waals surface area contributed by atoms with E-state index >= 15 is 0 Å². The first kappa shape index (κ1) is 20.6. The van der Waals surface area contributed by atoms with Gasteiger partial charge in [-0.15, -0.1) is 0 Å². The third-order valence-electron chi connectivity index (χ3n) is 4.06. The highest BCUT2D eigenvalue weighted by Crippen LogP contribution is 2.29. The number of carbonyl (C=O) groups excluding carboxylic acids is 1. The number of nitrogens with one attached hydrogen (secondary N) is 2. The molecule has 0 aliphatic heterocycles. The van der Waals surface area contributed by atoms with Crippen molar-refractivity contribution in [3.8, 4) is 17.2 Å². The molecule has 0 saturated carbocycles. The molecule has 2 N–H and O–H groups in total. The number of anilines is 1. The largest absolute Gasteiger partial charge is 0.497 e. The summed E-state index contributed by atoms with van der Waals surface area (Å²) in [6.07, 6.45) is 0.347. The zero-order valence-corrected chi connectivity index (χ0v) is 16.4. The van der Waals surface area contributed by atoms with Crippen LogP contribution >= 0.6 is 0 Å². The predicted octanol–water partition coefficient (Wildman–Crippen LogP) is 3.40. The molecule has 27 heavy (non-hydrogen) atoms. The number of methoxy groups -OCH3 is 2. The summed E-state index contributed by atoms with van der Waals surface area (Å²) in [6.45, 7) is 5.21. The maximum absolute atomic E-state index is 12.3. The molecule has 0 aliphatic carbocycles. The standard InChI is InChI=1S/C21H28N2O4/c1-15-5-7-17(8-6-15)27-12-11-22-16(2)13-21(24)23-19-10-9-18(25-3)14-20(19)26-4/h5-10,14,16,22H,11-13H2,1-4H3,(H,23,24). The van der Waals surface area contributed by atoms with E-state index in [1.165, 1.54) is 5.56 Å². The molecular formula is C21H28N2O4. The highest BCUT2D eigenvalue weighted by molar-refractivity contribution is 5.92. The first-order valence-electron chi connectivity index (χ1n) is 8.96. The number of benzene rings is 2. The summed E-state index contributed by atoms with van der Waals surface area (Å²) < 4.78 is 16.1. The van der Waals surface area contributed by atoms with Gasteiger partial charge in [-0.25, -0.2) is 0 Å². The predicted molar refractivity (Wildman–Crippen MR) is 107 cm³/mol. The zero-order chi connectivity index (χ0) is 19.6. The van der Waals surface area contributed by atoms with Crippen LogP contribution < -0.4 is 24.8 Å². The summed E-state index contributed by atoms with van der Waals surface area (Å²) in [4.78, 5) is 12.3. The van der Waals surface area contributed by atoms with Gasteiger partial charge in [-0.2, -0.15) is 0 Å². The molecule has 146 valence electrons. The van der Waals surface area contributed by atoms with Crippen molar-refractivity contribution in [2.45, 2.75) is 26.3 Å². The molecule has 1 unspecified atom stereocenters. The minimum atomic E-state index is -0.0853. The van der Waals surface area contributed by atoms with Gasteiger partial charge in [-0.1, -0.05) is 17.7 Å². The quantitative estimate of drug-likeness (QED) is 0.626. The van der Waals surface area contributed by atoms with Gasteiger partial charge < -0.3 is 24.8 Å². The topological polar surface area (TPSA) is 68.8 Å². The normalized spacial score (nSPS) is 11.6. The van der Waals surface area contributed by atoms with Gasteiger partial charge in [0.05, 0.1) is 19.9 Å². The average molecular weight is 372 g/mol. The summed E-state index contributed by atoms with van der Waals surface area (Å²) in [6, 6.07) is 13.2. The first-order chi connectivity index (χ1) is 13.0. The molecule has 2 rings (SSSR count). The van der Waals surface area contributed by atoms with Gasteiger partial charge >= 0.3 is 0 Å². The Hall–Kier alpha value is -2.73. The van der Waals surface area contributed by atoms with Crippen molar-refractivity contribution in [1.29, 1.82) is 0 Å². The van der Waals surface area contributed by atoms with Crippen molar-refractivity contribution in [3.05, 3.63) is 48.0 Å². The van der Waals surface area contributed by atoms with E-state index in [9.17, 15) is 4.79 Å². The van der Waals surface area contributed by atoms with Gasteiger partial charge in [0.1, 0.15) is 23.9 Å². The van der Waals surface area contributed by atoms with Crippen molar-refractivity contribution in [1.82, 2.24) is 5.32 Å². The first-order valence-corrected chi connectivity index (χ1v) is 8.96. The third-order valence-corrected chi connectivity index (χ3v) is 4.06. The van der Waals surface area contributed by atoms with Crippen LogP contribution in [-0.4, -0.2) is 39.3 Å². The van der Waals surface area contributed by atoms with Crippen LogP contribution in [0, 0.1) is 6.92 Å². The Labute approximate surface area is 160 Å².